The van der Waals surface area contributed by atoms with Gasteiger partial charge in [-0.2, -0.15) is 8.62 Å². The number of phosphoric acid groups is 3. The Hall–Kier alpha value is -1.20. The molecule has 0 bridgehead atoms. The van der Waals surface area contributed by atoms with Gasteiger partial charge in [0.1, 0.15) is 24.4 Å². The zero-order valence-corrected chi connectivity index (χ0v) is 17.2. The maximum Gasteiger partial charge on any atom is 0.490 e. The van der Waals surface area contributed by atoms with Gasteiger partial charge in [-0.3, -0.25) is 9.32 Å². The molecule has 0 aliphatic carbocycles. The number of pyridine rings is 1. The molecule has 1 saturated heterocycles. The Balaban J connectivity index is 2.09. The van der Waals surface area contributed by atoms with Crippen LogP contribution in [-0.4, -0.2) is 59.7 Å². The van der Waals surface area contributed by atoms with E-state index in [-0.39, 0.29) is 11.3 Å². The number of ether oxygens (including phenoxy) is 1. The summed E-state index contributed by atoms with van der Waals surface area (Å²) in [6.45, 7) is -0.979. The minimum atomic E-state index is -5.71. The van der Waals surface area contributed by atoms with Crippen LogP contribution in [0.3, 0.4) is 0 Å². The van der Waals surface area contributed by atoms with Crippen LogP contribution in [0.2, 0.25) is 0 Å². The molecule has 1 aromatic heterocycles. The van der Waals surface area contributed by atoms with Crippen LogP contribution in [0.15, 0.2) is 16.9 Å². The molecular formula is C12H16NO14P3. The zero-order chi connectivity index (χ0) is 22.9. The summed E-state index contributed by atoms with van der Waals surface area (Å²) in [5, 5.41) is 20.2. The van der Waals surface area contributed by atoms with Gasteiger partial charge in [-0.1, -0.05) is 5.92 Å². The third-order valence-corrected chi connectivity index (χ3v) is 7.38. The Kier molecular flexibility index (Phi) is 7.62. The summed E-state index contributed by atoms with van der Waals surface area (Å²) in [4.78, 5) is 49.1. The van der Waals surface area contributed by atoms with Crippen molar-refractivity contribution in [3.8, 4) is 12.3 Å². The molecule has 1 aliphatic rings. The highest BCUT2D eigenvalue weighted by atomic mass is 31.3. The lowest BCUT2D eigenvalue weighted by molar-refractivity contribution is -0.0224. The van der Waals surface area contributed by atoms with Crippen molar-refractivity contribution in [3.63, 3.8) is 0 Å². The Morgan fingerprint density at radius 1 is 1.07 bits per heavy atom. The minimum Gasteiger partial charge on any atom is -0.387 e. The second-order valence-corrected chi connectivity index (χ2v) is 10.2. The van der Waals surface area contributed by atoms with Gasteiger partial charge >= 0.3 is 23.5 Å². The first-order valence-electron chi connectivity index (χ1n) is 7.64. The van der Waals surface area contributed by atoms with Gasteiger partial charge in [-0.05, 0) is 6.07 Å². The fourth-order valence-electron chi connectivity index (χ4n) is 2.46. The predicted octanol–water partition coefficient (Wildman–Crippen LogP) is -1.14. The van der Waals surface area contributed by atoms with Crippen LogP contribution in [0, 0.1) is 12.3 Å². The summed E-state index contributed by atoms with van der Waals surface area (Å²) in [5.41, 5.74) is -0.472. The standard InChI is InChI=1S/C12H16NO14P3/c1-2-7-6(3-4-9(14)13-7)12-11(16)10(15)8(25-12)5-24-29(20,21)27-30(22,23)26-28(17,18)19/h1,3-4,8,10-12,15-16H,5H2,(H,13,14)(H,20,21)(H,22,23)(H2,17,18,19)/t8-,10?,11+,12+/m1/s1. The average Bonchev–Trinajstić information content (AvgIpc) is 2.85. The van der Waals surface area contributed by atoms with E-state index in [2.05, 4.69) is 24.0 Å². The van der Waals surface area contributed by atoms with Crippen LogP contribution in [0.4, 0.5) is 0 Å². The quantitative estimate of drug-likeness (QED) is 0.168. The molecule has 0 aromatic carbocycles. The lowest BCUT2D eigenvalue weighted by Gasteiger charge is -2.19. The van der Waals surface area contributed by atoms with Gasteiger partial charge < -0.3 is 39.5 Å². The van der Waals surface area contributed by atoms with Crippen LogP contribution in [-0.2, 0) is 31.6 Å². The van der Waals surface area contributed by atoms with E-state index >= 15 is 0 Å². The van der Waals surface area contributed by atoms with Crippen LogP contribution in [0.1, 0.15) is 17.4 Å². The molecule has 168 valence electrons. The third-order valence-electron chi connectivity index (χ3n) is 3.58. The fourth-order valence-corrected chi connectivity index (χ4v) is 5.49. The second-order valence-electron chi connectivity index (χ2n) is 5.76. The smallest absolute Gasteiger partial charge is 0.387 e. The zero-order valence-electron chi connectivity index (χ0n) is 14.5. The molecule has 1 aromatic rings. The summed E-state index contributed by atoms with van der Waals surface area (Å²) < 4.78 is 50.4. The molecule has 30 heavy (non-hydrogen) atoms. The van der Waals surface area contributed by atoms with Crippen molar-refractivity contribution in [1.29, 1.82) is 0 Å². The first kappa shape index (κ1) is 25.1. The Morgan fingerprint density at radius 3 is 2.27 bits per heavy atom. The van der Waals surface area contributed by atoms with E-state index in [0.717, 1.165) is 6.07 Å². The van der Waals surface area contributed by atoms with Gasteiger partial charge in [0.05, 0.1) is 12.3 Å². The van der Waals surface area contributed by atoms with Crippen molar-refractivity contribution < 1.29 is 61.4 Å². The van der Waals surface area contributed by atoms with Gasteiger partial charge in [-0.25, -0.2) is 13.7 Å². The Labute approximate surface area is 167 Å². The maximum atomic E-state index is 11.7. The highest BCUT2D eigenvalue weighted by Gasteiger charge is 2.46. The van der Waals surface area contributed by atoms with E-state index in [1.165, 1.54) is 6.07 Å². The molecule has 7 N–H and O–H groups in total. The topological polar surface area (TPSA) is 242 Å². The largest absolute Gasteiger partial charge is 0.490 e. The number of aromatic nitrogens is 1. The summed E-state index contributed by atoms with van der Waals surface area (Å²) >= 11 is 0. The van der Waals surface area contributed by atoms with Crippen LogP contribution in [0.5, 0.6) is 0 Å². The van der Waals surface area contributed by atoms with Crippen LogP contribution < -0.4 is 5.56 Å². The van der Waals surface area contributed by atoms with Crippen LogP contribution >= 0.6 is 23.5 Å². The molecule has 3 unspecified atom stereocenters. The summed E-state index contributed by atoms with van der Waals surface area (Å²) in [6.07, 6.45) is -0.796. The number of aliphatic hydroxyl groups is 2. The van der Waals surface area contributed by atoms with Gasteiger partial charge in [0.2, 0.25) is 5.56 Å². The lowest BCUT2D eigenvalue weighted by Crippen LogP contribution is -2.33. The molecule has 0 radical (unpaired) electrons. The van der Waals surface area contributed by atoms with E-state index in [0.29, 0.717) is 0 Å². The van der Waals surface area contributed by atoms with Crippen molar-refractivity contribution in [2.45, 2.75) is 24.4 Å². The lowest BCUT2D eigenvalue weighted by atomic mass is 10.0. The molecular weight excluding hydrogens is 475 g/mol. The van der Waals surface area contributed by atoms with Crippen LogP contribution in [0.25, 0.3) is 0 Å². The fraction of sp³-hybridized carbons (Fsp3) is 0.417. The van der Waals surface area contributed by atoms with Gasteiger partial charge in [0, 0.05) is 11.6 Å². The molecule has 6 atom stereocenters. The molecule has 0 amide bonds. The van der Waals surface area contributed by atoms with E-state index < -0.39 is 60.1 Å². The number of hydrogen-bond acceptors (Lipinski definition) is 10. The Morgan fingerprint density at radius 2 is 1.70 bits per heavy atom. The number of hydrogen-bond donors (Lipinski definition) is 7. The molecule has 18 heteroatoms. The Bertz CT molecular complexity index is 1030. The third kappa shape index (κ3) is 6.65. The monoisotopic (exact) mass is 491 g/mol. The first-order chi connectivity index (χ1) is 13.6. The minimum absolute atomic E-state index is 0.0488. The second kappa shape index (κ2) is 9.12. The number of phosphoric ester groups is 1. The van der Waals surface area contributed by atoms with Crippen molar-refractivity contribution in [1.82, 2.24) is 4.98 Å². The molecule has 0 spiro atoms. The summed E-state index contributed by atoms with van der Waals surface area (Å²) in [6, 6.07) is 2.32. The van der Waals surface area contributed by atoms with Gasteiger partial charge in [-0.15, -0.1) is 6.42 Å². The summed E-state index contributed by atoms with van der Waals surface area (Å²) in [7, 11) is -16.7. The molecule has 0 saturated carbocycles. The highest BCUT2D eigenvalue weighted by molar-refractivity contribution is 7.66. The average molecular weight is 491 g/mol. The molecule has 1 aliphatic heterocycles. The van der Waals surface area contributed by atoms with E-state index in [1.54, 1.807) is 0 Å². The van der Waals surface area contributed by atoms with E-state index in [1.807, 2.05) is 0 Å². The highest BCUT2D eigenvalue weighted by Crippen LogP contribution is 2.66. The van der Waals surface area contributed by atoms with Crippen molar-refractivity contribution in [3.05, 3.63) is 33.7 Å². The molecule has 1 fully saturated rings. The van der Waals surface area contributed by atoms with Gasteiger partial charge in [0.15, 0.2) is 0 Å². The van der Waals surface area contributed by atoms with E-state index in [9.17, 15) is 33.6 Å². The van der Waals surface area contributed by atoms with Crippen molar-refractivity contribution in [2.24, 2.45) is 0 Å². The molecule has 2 heterocycles. The van der Waals surface area contributed by atoms with Crippen molar-refractivity contribution >= 4 is 23.5 Å². The van der Waals surface area contributed by atoms with E-state index in [4.69, 9.17) is 25.8 Å². The number of nitrogens with one attached hydrogen (secondary N) is 1. The number of H-pyrrole nitrogens is 1. The number of aliphatic hydroxyl groups excluding tert-OH is 2. The van der Waals surface area contributed by atoms with Gasteiger partial charge in [0.25, 0.3) is 0 Å². The van der Waals surface area contributed by atoms with Crippen molar-refractivity contribution in [2.75, 3.05) is 6.61 Å². The summed E-state index contributed by atoms with van der Waals surface area (Å²) in [5.74, 6) is 2.16. The SMILES string of the molecule is C#Cc1[nH]c(=O)ccc1[C@@H]1O[C@H](COP(=O)(O)OP(=O)(O)OP(=O)(O)O)C(O)[C@@H]1O. The molecule has 15 nitrogen and oxygen atoms in total. The molecule has 2 rings (SSSR count). The number of terminal acetylenes is 1. The first-order valence-corrected chi connectivity index (χ1v) is 12.2. The normalized spacial score (nSPS) is 28.4. The maximum absolute atomic E-state index is 11.7. The number of aromatic amines is 1. The number of rotatable bonds is 8. The predicted molar refractivity (Wildman–Crippen MR) is 94.4 cm³/mol.